The Labute approximate surface area is 185 Å². The summed E-state index contributed by atoms with van der Waals surface area (Å²) in [5.41, 5.74) is 0.854. The van der Waals surface area contributed by atoms with E-state index in [0.29, 0.717) is 5.01 Å². The van der Waals surface area contributed by atoms with Gasteiger partial charge in [-0.3, -0.25) is 9.59 Å². The van der Waals surface area contributed by atoms with E-state index < -0.39 is 24.0 Å². The lowest BCUT2D eigenvalue weighted by atomic mass is 10.0. The molecule has 1 rings (SSSR count). The standard InChI is InChI=1S/C19H27Cl2N5O4/c1-13(2)16(24-19(29)26(25-30)11-9-21)18(28)23-15(17(27)22-10-8-20)12-14-6-4-3-5-7-14/h3-7,13,15-16H,8-12H2,1-2H3,(H,22,27)(H,23,28)(H,24,29)/t15-,16-/m1/s1. The number of rotatable bonds is 12. The van der Waals surface area contributed by atoms with Crippen LogP contribution in [0.2, 0.25) is 0 Å². The lowest BCUT2D eigenvalue weighted by Crippen LogP contribution is -2.57. The van der Waals surface area contributed by atoms with Crippen LogP contribution in [-0.2, 0) is 16.0 Å². The lowest BCUT2D eigenvalue weighted by Gasteiger charge is -2.26. The van der Waals surface area contributed by atoms with Gasteiger partial charge in [0.1, 0.15) is 12.1 Å². The Morgan fingerprint density at radius 1 is 1.03 bits per heavy atom. The summed E-state index contributed by atoms with van der Waals surface area (Å²) in [5.74, 6) is -1.02. The average Bonchev–Trinajstić information content (AvgIpc) is 2.73. The summed E-state index contributed by atoms with van der Waals surface area (Å²) >= 11 is 11.2. The molecule has 0 aromatic heterocycles. The Bertz CT molecular complexity index is 705. The Kier molecular flexibility index (Phi) is 11.8. The first-order chi connectivity index (χ1) is 14.3. The summed E-state index contributed by atoms with van der Waals surface area (Å²) in [4.78, 5) is 48.5. The molecule has 0 radical (unpaired) electrons. The third kappa shape index (κ3) is 8.54. The predicted molar refractivity (Wildman–Crippen MR) is 116 cm³/mol. The lowest BCUT2D eigenvalue weighted by molar-refractivity contribution is -0.130. The minimum atomic E-state index is -0.990. The second-order valence-corrected chi connectivity index (χ2v) is 7.55. The summed E-state index contributed by atoms with van der Waals surface area (Å²) in [6.45, 7) is 3.61. The van der Waals surface area contributed by atoms with Gasteiger partial charge in [-0.05, 0) is 11.5 Å². The van der Waals surface area contributed by atoms with Crippen LogP contribution in [0.15, 0.2) is 35.6 Å². The van der Waals surface area contributed by atoms with E-state index in [1.807, 2.05) is 30.3 Å². The number of benzene rings is 1. The number of nitrogens with zero attached hydrogens (tertiary/aromatic N) is 2. The van der Waals surface area contributed by atoms with Crippen molar-refractivity contribution >= 4 is 41.0 Å². The van der Waals surface area contributed by atoms with E-state index in [2.05, 4.69) is 21.2 Å². The molecule has 30 heavy (non-hydrogen) atoms. The number of carbonyl (C=O) groups is 3. The van der Waals surface area contributed by atoms with Crippen molar-refractivity contribution < 1.29 is 14.4 Å². The van der Waals surface area contributed by atoms with Crippen molar-refractivity contribution in [3.63, 3.8) is 0 Å². The molecule has 1 aromatic rings. The fourth-order valence-corrected chi connectivity index (χ4v) is 2.87. The Morgan fingerprint density at radius 2 is 1.70 bits per heavy atom. The highest BCUT2D eigenvalue weighted by atomic mass is 35.5. The van der Waals surface area contributed by atoms with Gasteiger partial charge in [-0.15, -0.1) is 28.1 Å². The van der Waals surface area contributed by atoms with Crippen molar-refractivity contribution in [3.8, 4) is 0 Å². The fourth-order valence-electron chi connectivity index (χ4n) is 2.62. The largest absolute Gasteiger partial charge is 0.353 e. The van der Waals surface area contributed by atoms with Crippen LogP contribution >= 0.6 is 23.2 Å². The van der Waals surface area contributed by atoms with Gasteiger partial charge in [0, 0.05) is 24.7 Å². The summed E-state index contributed by atoms with van der Waals surface area (Å²) in [5, 5.41) is 11.0. The molecule has 0 bridgehead atoms. The number of nitroso groups, excluding NO2 is 1. The van der Waals surface area contributed by atoms with E-state index in [-0.39, 0.29) is 43.1 Å². The van der Waals surface area contributed by atoms with E-state index in [1.54, 1.807) is 13.8 Å². The maximum atomic E-state index is 12.9. The zero-order chi connectivity index (χ0) is 22.5. The van der Waals surface area contributed by atoms with Gasteiger partial charge in [-0.1, -0.05) is 44.2 Å². The first-order valence-electron chi connectivity index (χ1n) is 9.49. The molecule has 0 heterocycles. The van der Waals surface area contributed by atoms with E-state index in [4.69, 9.17) is 23.2 Å². The number of hydrogen-bond donors (Lipinski definition) is 3. The third-order valence-corrected chi connectivity index (χ3v) is 4.52. The van der Waals surface area contributed by atoms with Crippen LogP contribution < -0.4 is 16.0 Å². The normalized spacial score (nSPS) is 12.6. The SMILES string of the molecule is CC(C)[C@@H](NC(=O)N(CCCl)N=O)C(=O)N[C@H](Cc1ccccc1)C(=O)NCCCl. The highest BCUT2D eigenvalue weighted by Gasteiger charge is 2.30. The number of carbonyl (C=O) groups excluding carboxylic acids is 3. The summed E-state index contributed by atoms with van der Waals surface area (Å²) in [6, 6.07) is 6.50. The molecule has 2 atom stereocenters. The molecule has 0 fully saturated rings. The first kappa shape index (κ1) is 25.6. The molecule has 0 aliphatic rings. The number of urea groups is 1. The number of amides is 4. The van der Waals surface area contributed by atoms with E-state index in [0.717, 1.165) is 5.56 Å². The topological polar surface area (TPSA) is 120 Å². The summed E-state index contributed by atoms with van der Waals surface area (Å²) in [7, 11) is 0. The molecule has 0 aliphatic carbocycles. The molecular weight excluding hydrogens is 433 g/mol. The third-order valence-electron chi connectivity index (χ3n) is 4.17. The molecule has 0 saturated heterocycles. The molecule has 3 N–H and O–H groups in total. The van der Waals surface area contributed by atoms with Crippen molar-refractivity contribution in [2.24, 2.45) is 11.2 Å². The quantitative estimate of drug-likeness (QED) is 0.251. The van der Waals surface area contributed by atoms with E-state index >= 15 is 0 Å². The van der Waals surface area contributed by atoms with Gasteiger partial charge in [-0.25, -0.2) is 4.79 Å². The van der Waals surface area contributed by atoms with E-state index in [1.165, 1.54) is 0 Å². The Balaban J connectivity index is 2.94. The van der Waals surface area contributed by atoms with Gasteiger partial charge in [0.25, 0.3) is 0 Å². The number of hydrogen-bond acceptors (Lipinski definition) is 5. The van der Waals surface area contributed by atoms with Crippen molar-refractivity contribution in [2.45, 2.75) is 32.4 Å². The van der Waals surface area contributed by atoms with Gasteiger partial charge in [0.15, 0.2) is 0 Å². The molecule has 11 heteroatoms. The highest BCUT2D eigenvalue weighted by Crippen LogP contribution is 2.08. The number of halogens is 2. The van der Waals surface area contributed by atoms with Crippen LogP contribution in [0.4, 0.5) is 4.79 Å². The van der Waals surface area contributed by atoms with Gasteiger partial charge < -0.3 is 16.0 Å². The van der Waals surface area contributed by atoms with Crippen LogP contribution in [0.25, 0.3) is 0 Å². The van der Waals surface area contributed by atoms with Gasteiger partial charge >= 0.3 is 6.03 Å². The maximum Gasteiger partial charge on any atom is 0.341 e. The molecule has 9 nitrogen and oxygen atoms in total. The summed E-state index contributed by atoms with van der Waals surface area (Å²) < 4.78 is 0. The number of alkyl halides is 2. The van der Waals surface area contributed by atoms with E-state index in [9.17, 15) is 19.3 Å². The van der Waals surface area contributed by atoms with Crippen LogP contribution in [0.1, 0.15) is 19.4 Å². The molecule has 4 amide bonds. The maximum absolute atomic E-state index is 12.9. The van der Waals surface area contributed by atoms with Gasteiger partial charge in [-0.2, -0.15) is 5.01 Å². The van der Waals surface area contributed by atoms with Crippen molar-refractivity contribution in [1.29, 1.82) is 0 Å². The van der Waals surface area contributed by atoms with Crippen LogP contribution in [0.5, 0.6) is 0 Å². The minimum absolute atomic E-state index is 0.0115. The minimum Gasteiger partial charge on any atom is -0.353 e. The fraction of sp³-hybridized carbons (Fsp3) is 0.526. The Morgan fingerprint density at radius 3 is 2.23 bits per heavy atom. The zero-order valence-corrected chi connectivity index (χ0v) is 18.4. The molecule has 0 unspecified atom stereocenters. The molecule has 1 aromatic carbocycles. The molecule has 166 valence electrons. The monoisotopic (exact) mass is 459 g/mol. The van der Waals surface area contributed by atoms with Gasteiger partial charge in [0.2, 0.25) is 11.8 Å². The zero-order valence-electron chi connectivity index (χ0n) is 16.9. The van der Waals surface area contributed by atoms with Crippen molar-refractivity contribution in [2.75, 3.05) is 24.8 Å². The van der Waals surface area contributed by atoms with Crippen LogP contribution in [0.3, 0.4) is 0 Å². The molecular formula is C19H27Cl2N5O4. The second-order valence-electron chi connectivity index (χ2n) is 6.80. The molecule has 0 aliphatic heterocycles. The van der Waals surface area contributed by atoms with Crippen molar-refractivity contribution in [3.05, 3.63) is 40.8 Å². The summed E-state index contributed by atoms with van der Waals surface area (Å²) in [6.07, 6.45) is 0.258. The second kappa shape index (κ2) is 13.8. The average molecular weight is 460 g/mol. The first-order valence-corrected chi connectivity index (χ1v) is 10.6. The van der Waals surface area contributed by atoms with Crippen LogP contribution in [0, 0.1) is 10.8 Å². The Hall–Kier alpha value is -2.39. The van der Waals surface area contributed by atoms with Crippen molar-refractivity contribution in [1.82, 2.24) is 21.0 Å². The van der Waals surface area contributed by atoms with Crippen LogP contribution in [-0.4, -0.2) is 59.8 Å². The highest BCUT2D eigenvalue weighted by molar-refractivity contribution is 6.18. The smallest absolute Gasteiger partial charge is 0.341 e. The molecule has 0 spiro atoms. The molecule has 0 saturated carbocycles. The number of nitrogens with one attached hydrogen (secondary N) is 3. The van der Waals surface area contributed by atoms with Gasteiger partial charge in [0.05, 0.1) is 11.8 Å². The predicted octanol–water partition coefficient (Wildman–Crippen LogP) is 2.03.